The van der Waals surface area contributed by atoms with Crippen LogP contribution in [0, 0.1) is 0 Å². The lowest BCUT2D eigenvalue weighted by Crippen LogP contribution is -2.37. The highest BCUT2D eigenvalue weighted by atomic mass is 35.5. The third-order valence-electron chi connectivity index (χ3n) is 2.16. The largest absolute Gasteiger partial charge is 0.325 e. The summed E-state index contributed by atoms with van der Waals surface area (Å²) >= 11 is 5.94. The SMILES string of the molecule is CC(C)(C)NCCC(=O)Nc1ccccc1Cl. The molecule has 0 spiro atoms. The summed E-state index contributed by atoms with van der Waals surface area (Å²) in [7, 11) is 0. The van der Waals surface area contributed by atoms with Gasteiger partial charge in [0.05, 0.1) is 10.7 Å². The minimum Gasteiger partial charge on any atom is -0.325 e. The zero-order valence-electron chi connectivity index (χ0n) is 10.5. The minimum atomic E-state index is -0.0325. The quantitative estimate of drug-likeness (QED) is 0.867. The Morgan fingerprint density at radius 2 is 1.94 bits per heavy atom. The van der Waals surface area contributed by atoms with Crippen LogP contribution in [0.15, 0.2) is 24.3 Å². The van der Waals surface area contributed by atoms with Gasteiger partial charge in [0.15, 0.2) is 0 Å². The maximum Gasteiger partial charge on any atom is 0.225 e. The van der Waals surface area contributed by atoms with Crippen LogP contribution in [-0.4, -0.2) is 18.0 Å². The molecule has 0 radical (unpaired) electrons. The number of nitrogens with one attached hydrogen (secondary N) is 2. The second-order valence-electron chi connectivity index (χ2n) is 4.95. The Hall–Kier alpha value is -1.06. The van der Waals surface area contributed by atoms with Gasteiger partial charge in [-0.15, -0.1) is 0 Å². The summed E-state index contributed by atoms with van der Waals surface area (Å²) in [5.74, 6) is -0.0325. The molecule has 0 aromatic heterocycles. The highest BCUT2D eigenvalue weighted by molar-refractivity contribution is 6.33. The molecule has 3 nitrogen and oxygen atoms in total. The predicted octanol–water partition coefficient (Wildman–Crippen LogP) is 3.06. The number of anilines is 1. The number of hydrogen-bond acceptors (Lipinski definition) is 2. The average molecular weight is 255 g/mol. The van der Waals surface area contributed by atoms with E-state index in [-0.39, 0.29) is 11.4 Å². The second kappa shape index (κ2) is 6.03. The molecule has 94 valence electrons. The van der Waals surface area contributed by atoms with E-state index < -0.39 is 0 Å². The van der Waals surface area contributed by atoms with Crippen LogP contribution >= 0.6 is 11.6 Å². The van der Waals surface area contributed by atoms with Crippen LogP contribution < -0.4 is 10.6 Å². The third-order valence-corrected chi connectivity index (χ3v) is 2.48. The first kappa shape index (κ1) is 14.0. The number of rotatable bonds is 4. The van der Waals surface area contributed by atoms with E-state index in [9.17, 15) is 4.79 Å². The van der Waals surface area contributed by atoms with Crippen LogP contribution in [-0.2, 0) is 4.79 Å². The molecule has 0 saturated carbocycles. The molecule has 2 N–H and O–H groups in total. The highest BCUT2D eigenvalue weighted by Gasteiger charge is 2.10. The Bertz CT molecular complexity index is 385. The Labute approximate surface area is 108 Å². The summed E-state index contributed by atoms with van der Waals surface area (Å²) in [5.41, 5.74) is 0.694. The van der Waals surface area contributed by atoms with Crippen LogP contribution in [0.2, 0.25) is 5.02 Å². The second-order valence-corrected chi connectivity index (χ2v) is 5.36. The van der Waals surface area contributed by atoms with Crippen molar-refractivity contribution in [3.05, 3.63) is 29.3 Å². The Morgan fingerprint density at radius 3 is 2.53 bits per heavy atom. The molecule has 0 unspecified atom stereocenters. The van der Waals surface area contributed by atoms with Crippen LogP contribution in [0.1, 0.15) is 27.2 Å². The molecular formula is C13H19ClN2O. The number of hydrogen-bond donors (Lipinski definition) is 2. The molecule has 1 rings (SSSR count). The summed E-state index contributed by atoms with van der Waals surface area (Å²) in [6.07, 6.45) is 0.433. The maximum atomic E-state index is 11.6. The van der Waals surface area contributed by atoms with Crippen LogP contribution in [0.25, 0.3) is 0 Å². The summed E-state index contributed by atoms with van der Waals surface area (Å²) in [6.45, 7) is 6.86. The fourth-order valence-electron chi connectivity index (χ4n) is 1.33. The first-order valence-electron chi connectivity index (χ1n) is 5.68. The first-order chi connectivity index (χ1) is 7.88. The third kappa shape index (κ3) is 5.71. The van der Waals surface area contributed by atoms with Crippen molar-refractivity contribution in [3.63, 3.8) is 0 Å². The Kier molecular flexibility index (Phi) is 4.97. The number of amides is 1. The lowest BCUT2D eigenvalue weighted by Gasteiger charge is -2.20. The molecule has 0 aliphatic rings. The molecule has 0 atom stereocenters. The van der Waals surface area contributed by atoms with E-state index in [1.54, 1.807) is 12.1 Å². The van der Waals surface area contributed by atoms with Crippen molar-refractivity contribution in [2.75, 3.05) is 11.9 Å². The van der Waals surface area contributed by atoms with Gasteiger partial charge in [-0.1, -0.05) is 23.7 Å². The van der Waals surface area contributed by atoms with Gasteiger partial charge in [0, 0.05) is 18.5 Å². The van der Waals surface area contributed by atoms with Gasteiger partial charge in [0.2, 0.25) is 5.91 Å². The summed E-state index contributed by atoms with van der Waals surface area (Å²) in [6, 6.07) is 7.22. The number of halogens is 1. The number of para-hydroxylation sites is 1. The van der Waals surface area contributed by atoms with Crippen molar-refractivity contribution in [2.45, 2.75) is 32.7 Å². The van der Waals surface area contributed by atoms with Crippen molar-refractivity contribution in [3.8, 4) is 0 Å². The smallest absolute Gasteiger partial charge is 0.225 e. The maximum absolute atomic E-state index is 11.6. The molecule has 1 aromatic rings. The van der Waals surface area contributed by atoms with E-state index in [1.807, 2.05) is 12.1 Å². The molecular weight excluding hydrogens is 236 g/mol. The van der Waals surface area contributed by atoms with Crippen molar-refractivity contribution in [1.29, 1.82) is 0 Å². The van der Waals surface area contributed by atoms with Crippen molar-refractivity contribution in [1.82, 2.24) is 5.32 Å². The van der Waals surface area contributed by atoms with Gasteiger partial charge in [0.25, 0.3) is 0 Å². The molecule has 17 heavy (non-hydrogen) atoms. The lowest BCUT2D eigenvalue weighted by atomic mass is 10.1. The van der Waals surface area contributed by atoms with Crippen molar-refractivity contribution in [2.24, 2.45) is 0 Å². The van der Waals surface area contributed by atoms with Crippen LogP contribution in [0.5, 0.6) is 0 Å². The fourth-order valence-corrected chi connectivity index (χ4v) is 1.51. The van der Waals surface area contributed by atoms with Gasteiger partial charge >= 0.3 is 0 Å². The molecule has 0 saturated heterocycles. The standard InChI is InChI=1S/C13H19ClN2O/c1-13(2,3)15-9-8-12(17)16-11-7-5-4-6-10(11)14/h4-7,15H,8-9H2,1-3H3,(H,16,17). The Balaban J connectivity index is 2.38. The first-order valence-corrected chi connectivity index (χ1v) is 6.06. The van der Waals surface area contributed by atoms with Gasteiger partial charge < -0.3 is 10.6 Å². The van der Waals surface area contributed by atoms with Gasteiger partial charge in [-0.3, -0.25) is 4.79 Å². The minimum absolute atomic E-state index is 0.0324. The normalized spacial score (nSPS) is 11.3. The molecule has 1 amide bonds. The van der Waals surface area contributed by atoms with E-state index in [2.05, 4.69) is 31.4 Å². The van der Waals surface area contributed by atoms with Gasteiger partial charge in [-0.2, -0.15) is 0 Å². The molecule has 1 aromatic carbocycles. The average Bonchev–Trinajstić information content (AvgIpc) is 2.19. The van der Waals surface area contributed by atoms with Crippen molar-refractivity contribution < 1.29 is 4.79 Å². The number of benzene rings is 1. The molecule has 0 aliphatic carbocycles. The zero-order chi connectivity index (χ0) is 12.9. The molecule has 0 aliphatic heterocycles. The number of carbonyl (C=O) groups is 1. The van der Waals surface area contributed by atoms with E-state index in [4.69, 9.17) is 11.6 Å². The molecule has 0 heterocycles. The summed E-state index contributed by atoms with van der Waals surface area (Å²) < 4.78 is 0. The predicted molar refractivity (Wildman–Crippen MR) is 72.5 cm³/mol. The number of carbonyl (C=O) groups excluding carboxylic acids is 1. The summed E-state index contributed by atoms with van der Waals surface area (Å²) in [4.78, 5) is 11.6. The summed E-state index contributed by atoms with van der Waals surface area (Å²) in [5, 5.41) is 6.60. The van der Waals surface area contributed by atoms with E-state index in [0.29, 0.717) is 23.7 Å². The van der Waals surface area contributed by atoms with Gasteiger partial charge in [-0.05, 0) is 32.9 Å². The van der Waals surface area contributed by atoms with E-state index >= 15 is 0 Å². The molecule has 4 heteroatoms. The van der Waals surface area contributed by atoms with E-state index in [0.717, 1.165) is 0 Å². The highest BCUT2D eigenvalue weighted by Crippen LogP contribution is 2.20. The molecule has 0 bridgehead atoms. The van der Waals surface area contributed by atoms with Crippen LogP contribution in [0.3, 0.4) is 0 Å². The zero-order valence-corrected chi connectivity index (χ0v) is 11.3. The Morgan fingerprint density at radius 1 is 1.29 bits per heavy atom. The van der Waals surface area contributed by atoms with Crippen LogP contribution in [0.4, 0.5) is 5.69 Å². The monoisotopic (exact) mass is 254 g/mol. The topological polar surface area (TPSA) is 41.1 Å². The van der Waals surface area contributed by atoms with Gasteiger partial charge in [0.1, 0.15) is 0 Å². The molecule has 0 fully saturated rings. The van der Waals surface area contributed by atoms with Crippen molar-refractivity contribution >= 4 is 23.2 Å². The fraction of sp³-hybridized carbons (Fsp3) is 0.462. The van der Waals surface area contributed by atoms with E-state index in [1.165, 1.54) is 0 Å². The lowest BCUT2D eigenvalue weighted by molar-refractivity contribution is -0.116. The van der Waals surface area contributed by atoms with Gasteiger partial charge in [-0.25, -0.2) is 0 Å².